The lowest BCUT2D eigenvalue weighted by Gasteiger charge is -2.07. The predicted molar refractivity (Wildman–Crippen MR) is 154 cm³/mol. The Bertz CT molecular complexity index is 2120. The Morgan fingerprint density at radius 1 is 0.757 bits per heavy atom. The van der Waals surface area contributed by atoms with Gasteiger partial charge < -0.3 is 9.40 Å². The van der Waals surface area contributed by atoms with Crippen LogP contribution in [-0.2, 0) is 7.05 Å². The summed E-state index contributed by atoms with van der Waals surface area (Å²) in [7, 11) is 2.02. The van der Waals surface area contributed by atoms with Crippen molar-refractivity contribution < 1.29 is 4.42 Å². The fraction of sp³-hybridized carbons (Fsp3) is 0.0312. The van der Waals surface area contributed by atoms with Crippen LogP contribution < -0.4 is 0 Å². The van der Waals surface area contributed by atoms with Crippen LogP contribution in [0.3, 0.4) is 0 Å². The first-order valence-corrected chi connectivity index (χ1v) is 13.1. The van der Waals surface area contributed by atoms with Gasteiger partial charge in [0.25, 0.3) is 0 Å². The lowest BCUT2D eigenvalue weighted by molar-refractivity contribution is 0.617. The highest BCUT2D eigenvalue weighted by atomic mass is 32.1. The summed E-state index contributed by atoms with van der Waals surface area (Å²) in [6, 6.07) is 31.8. The van der Waals surface area contributed by atoms with Gasteiger partial charge >= 0.3 is 0 Å². The molecule has 0 radical (unpaired) electrons. The van der Waals surface area contributed by atoms with Gasteiger partial charge in [0.1, 0.15) is 17.5 Å². The molecule has 4 aromatic heterocycles. The SMILES string of the molecule is Cn1nc(-c2c(-c3coc4ccccc34)sc3cccc(-c4c[nH]c5ccccc45)c23)c2ccccc21. The Hall–Kier alpha value is -4.61. The molecule has 0 aliphatic heterocycles. The van der Waals surface area contributed by atoms with Crippen LogP contribution in [0.2, 0.25) is 0 Å². The minimum atomic E-state index is 0.892. The standard InChI is InChI=1S/C32H21N3OS/c1-35-26-14-6-3-11-22(26)31(34-35)30-29-21(23-17-33-25-13-5-2-9-19(23)25)12-8-16-28(29)37-32(30)24-18-36-27-15-7-4-10-20(24)27/h2-18,33H,1H3. The summed E-state index contributed by atoms with van der Waals surface area (Å²) in [5.74, 6) is 0. The number of H-pyrrole nitrogens is 1. The maximum absolute atomic E-state index is 6.02. The summed E-state index contributed by atoms with van der Waals surface area (Å²) >= 11 is 1.81. The summed E-state index contributed by atoms with van der Waals surface area (Å²) in [4.78, 5) is 4.65. The van der Waals surface area contributed by atoms with E-state index in [4.69, 9.17) is 9.52 Å². The first-order chi connectivity index (χ1) is 18.3. The lowest BCUT2D eigenvalue weighted by atomic mass is 9.94. The van der Waals surface area contributed by atoms with Crippen LogP contribution in [-0.4, -0.2) is 14.8 Å². The summed E-state index contributed by atoms with van der Waals surface area (Å²) in [5, 5.41) is 9.80. The van der Waals surface area contributed by atoms with Gasteiger partial charge in [-0.25, -0.2) is 0 Å². The maximum Gasteiger partial charge on any atom is 0.134 e. The molecule has 0 amide bonds. The summed E-state index contributed by atoms with van der Waals surface area (Å²) < 4.78 is 9.23. The lowest BCUT2D eigenvalue weighted by Crippen LogP contribution is -1.90. The van der Waals surface area contributed by atoms with Gasteiger partial charge in [-0.2, -0.15) is 5.10 Å². The number of benzene rings is 4. The first-order valence-electron chi connectivity index (χ1n) is 12.3. The molecule has 4 nitrogen and oxygen atoms in total. The van der Waals surface area contributed by atoms with E-state index in [1.54, 1.807) is 11.3 Å². The van der Waals surface area contributed by atoms with Crippen LogP contribution in [0.4, 0.5) is 0 Å². The smallest absolute Gasteiger partial charge is 0.134 e. The average molecular weight is 496 g/mol. The molecule has 0 unspecified atom stereocenters. The Morgan fingerprint density at radius 2 is 1.54 bits per heavy atom. The molecule has 0 saturated carbocycles. The molecule has 4 aromatic carbocycles. The van der Waals surface area contributed by atoms with Gasteiger partial charge in [-0.05, 0) is 29.8 Å². The molecular weight excluding hydrogens is 474 g/mol. The van der Waals surface area contributed by atoms with E-state index in [1.807, 2.05) is 30.1 Å². The third-order valence-corrected chi connectivity index (χ3v) is 8.50. The maximum atomic E-state index is 6.02. The van der Waals surface area contributed by atoms with Crippen molar-refractivity contribution in [2.45, 2.75) is 0 Å². The second-order valence-electron chi connectivity index (χ2n) is 9.37. The number of aromatic nitrogens is 3. The number of thiophene rings is 1. The van der Waals surface area contributed by atoms with Gasteiger partial charge in [-0.1, -0.05) is 66.7 Å². The Labute approximate surface area is 216 Å². The minimum absolute atomic E-state index is 0.892. The molecule has 0 atom stereocenters. The summed E-state index contributed by atoms with van der Waals surface area (Å²) in [6.45, 7) is 0. The topological polar surface area (TPSA) is 46.8 Å². The van der Waals surface area contributed by atoms with Gasteiger partial charge in [0.2, 0.25) is 0 Å². The Morgan fingerprint density at radius 3 is 2.46 bits per heavy atom. The molecular formula is C32H21N3OS. The normalized spacial score (nSPS) is 11.9. The zero-order valence-electron chi connectivity index (χ0n) is 20.0. The fourth-order valence-electron chi connectivity index (χ4n) is 5.64. The number of fused-ring (bicyclic) bond motifs is 4. The van der Waals surface area contributed by atoms with Crippen molar-refractivity contribution in [3.8, 4) is 32.8 Å². The monoisotopic (exact) mass is 495 g/mol. The van der Waals surface area contributed by atoms with E-state index < -0.39 is 0 Å². The number of rotatable bonds is 3. The van der Waals surface area contributed by atoms with Gasteiger partial charge in [0.05, 0.1) is 5.52 Å². The number of aryl methyl sites for hydroxylation is 1. The van der Waals surface area contributed by atoms with Crippen molar-refractivity contribution in [2.75, 3.05) is 0 Å². The van der Waals surface area contributed by atoms with Crippen LogP contribution in [0, 0.1) is 0 Å². The zero-order valence-corrected chi connectivity index (χ0v) is 20.8. The highest BCUT2D eigenvalue weighted by Crippen LogP contribution is 2.51. The number of furan rings is 1. The Balaban J connectivity index is 1.54. The molecule has 0 bridgehead atoms. The van der Waals surface area contributed by atoms with Gasteiger partial charge in [-0.3, -0.25) is 4.68 Å². The van der Waals surface area contributed by atoms with Crippen molar-refractivity contribution in [2.24, 2.45) is 7.05 Å². The largest absolute Gasteiger partial charge is 0.464 e. The Kier molecular flexibility index (Phi) is 4.28. The fourth-order valence-corrected chi connectivity index (χ4v) is 6.88. The van der Waals surface area contributed by atoms with Crippen LogP contribution in [0.1, 0.15) is 0 Å². The molecule has 4 heterocycles. The van der Waals surface area contributed by atoms with Gasteiger partial charge in [0.15, 0.2) is 0 Å². The van der Waals surface area contributed by atoms with Gasteiger partial charge in [0, 0.05) is 66.6 Å². The van der Waals surface area contributed by atoms with Crippen molar-refractivity contribution in [3.63, 3.8) is 0 Å². The van der Waals surface area contributed by atoms with E-state index in [2.05, 4.69) is 90.0 Å². The van der Waals surface area contributed by atoms with Crippen molar-refractivity contribution in [1.82, 2.24) is 14.8 Å². The molecule has 8 aromatic rings. The molecule has 0 saturated heterocycles. The number of nitrogens with one attached hydrogen (secondary N) is 1. The van der Waals surface area contributed by atoms with Crippen molar-refractivity contribution in [1.29, 1.82) is 0 Å². The second kappa shape index (κ2) is 7.69. The van der Waals surface area contributed by atoms with Gasteiger partial charge in [-0.15, -0.1) is 11.3 Å². The average Bonchev–Trinajstić information content (AvgIpc) is 3.71. The van der Waals surface area contributed by atoms with E-state index >= 15 is 0 Å². The number of para-hydroxylation sites is 3. The van der Waals surface area contributed by atoms with Crippen LogP contribution in [0.25, 0.3) is 75.7 Å². The van der Waals surface area contributed by atoms with Crippen LogP contribution in [0.15, 0.2) is 108 Å². The molecule has 176 valence electrons. The molecule has 1 N–H and O–H groups in total. The minimum Gasteiger partial charge on any atom is -0.464 e. The zero-order chi connectivity index (χ0) is 24.5. The quantitative estimate of drug-likeness (QED) is 0.266. The second-order valence-corrected chi connectivity index (χ2v) is 10.4. The van der Waals surface area contributed by atoms with E-state index in [-0.39, 0.29) is 0 Å². The molecule has 0 spiro atoms. The molecule has 0 aliphatic carbocycles. The molecule has 37 heavy (non-hydrogen) atoms. The number of nitrogens with zero attached hydrogens (tertiary/aromatic N) is 2. The molecule has 5 heteroatoms. The van der Waals surface area contributed by atoms with Crippen LogP contribution >= 0.6 is 11.3 Å². The van der Waals surface area contributed by atoms with Crippen molar-refractivity contribution >= 4 is 54.2 Å². The highest BCUT2D eigenvalue weighted by Gasteiger charge is 2.25. The number of hydrogen-bond donors (Lipinski definition) is 1. The van der Waals surface area contributed by atoms with E-state index in [0.717, 1.165) is 44.2 Å². The molecule has 0 aliphatic rings. The molecule has 8 rings (SSSR count). The summed E-state index contributed by atoms with van der Waals surface area (Å²) in [6.07, 6.45) is 4.03. The first kappa shape index (κ1) is 20.6. The van der Waals surface area contributed by atoms with Crippen LogP contribution in [0.5, 0.6) is 0 Å². The third kappa shape index (κ3) is 2.92. The van der Waals surface area contributed by atoms with E-state index in [9.17, 15) is 0 Å². The van der Waals surface area contributed by atoms with E-state index in [0.29, 0.717) is 0 Å². The summed E-state index contributed by atoms with van der Waals surface area (Å²) in [5.41, 5.74) is 8.80. The highest BCUT2D eigenvalue weighted by molar-refractivity contribution is 7.23. The predicted octanol–water partition coefficient (Wildman–Crippen LogP) is 9.02. The van der Waals surface area contributed by atoms with Crippen molar-refractivity contribution in [3.05, 3.63) is 103 Å². The number of aromatic amines is 1. The number of hydrogen-bond acceptors (Lipinski definition) is 3. The van der Waals surface area contributed by atoms with E-state index in [1.165, 1.54) is 31.5 Å². The third-order valence-electron chi connectivity index (χ3n) is 7.31. The molecule has 0 fully saturated rings.